The number of carbonyl (C=O) groups is 2. The van der Waals surface area contributed by atoms with E-state index in [1.54, 1.807) is 14.0 Å². The van der Waals surface area contributed by atoms with Gasteiger partial charge in [0.1, 0.15) is 6.04 Å². The first-order valence-electron chi connectivity index (χ1n) is 7.98. The highest BCUT2D eigenvalue weighted by atomic mass is 32.1. The van der Waals surface area contributed by atoms with Gasteiger partial charge in [0.2, 0.25) is 6.43 Å². The van der Waals surface area contributed by atoms with Gasteiger partial charge in [-0.05, 0) is 24.4 Å². The van der Waals surface area contributed by atoms with Gasteiger partial charge in [-0.3, -0.25) is 9.48 Å². The molecule has 3 rings (SSSR count). The van der Waals surface area contributed by atoms with Gasteiger partial charge in [-0.1, -0.05) is 6.07 Å². The van der Waals surface area contributed by atoms with Crippen molar-refractivity contribution in [1.82, 2.24) is 20.1 Å². The van der Waals surface area contributed by atoms with Crippen LogP contribution in [0, 0.1) is 6.92 Å². The number of nitrogens with one attached hydrogen (secondary N) is 1. The molecule has 0 saturated heterocycles. The number of carboxylic acids is 1. The van der Waals surface area contributed by atoms with E-state index in [0.29, 0.717) is 22.4 Å². The Morgan fingerprint density at radius 1 is 1.41 bits per heavy atom. The number of hydrogen-bond acceptors (Lipinski definition) is 5. The van der Waals surface area contributed by atoms with Crippen molar-refractivity contribution in [1.29, 1.82) is 0 Å². The molecule has 0 aromatic carbocycles. The first-order chi connectivity index (χ1) is 12.8. The number of aromatic nitrogens is 3. The van der Waals surface area contributed by atoms with Crippen molar-refractivity contribution in [3.63, 3.8) is 0 Å². The molecule has 1 unspecified atom stereocenters. The van der Waals surface area contributed by atoms with E-state index in [-0.39, 0.29) is 5.56 Å². The van der Waals surface area contributed by atoms with E-state index in [0.717, 1.165) is 4.88 Å². The zero-order valence-corrected chi connectivity index (χ0v) is 15.3. The SMILES string of the molecule is Cc1nn(C)c2nc(-c3cccs3)cc(C(=O)NC(CC(F)F)C(=O)O)c12. The number of aliphatic carboxylic acids is 1. The summed E-state index contributed by atoms with van der Waals surface area (Å²) in [6, 6.07) is 3.51. The lowest BCUT2D eigenvalue weighted by Crippen LogP contribution is -2.42. The van der Waals surface area contributed by atoms with Crippen LogP contribution in [0.4, 0.5) is 8.78 Å². The zero-order chi connectivity index (χ0) is 19.7. The summed E-state index contributed by atoms with van der Waals surface area (Å²) in [4.78, 5) is 29.3. The van der Waals surface area contributed by atoms with Crippen molar-refractivity contribution in [3.8, 4) is 10.6 Å². The fourth-order valence-electron chi connectivity index (χ4n) is 2.81. The summed E-state index contributed by atoms with van der Waals surface area (Å²) in [6.45, 7) is 1.69. The lowest BCUT2D eigenvalue weighted by atomic mass is 10.1. The van der Waals surface area contributed by atoms with Crippen LogP contribution in [-0.4, -0.2) is 44.2 Å². The third-order valence-electron chi connectivity index (χ3n) is 4.00. The van der Waals surface area contributed by atoms with Gasteiger partial charge in [0.25, 0.3) is 5.91 Å². The second-order valence-corrected chi connectivity index (χ2v) is 6.88. The van der Waals surface area contributed by atoms with Gasteiger partial charge in [0, 0.05) is 13.5 Å². The number of fused-ring (bicyclic) bond motifs is 1. The standard InChI is InChI=1S/C17H16F2N4O3S/c1-8-14-9(16(24)21-11(17(25)26)7-13(18)19)6-10(12-4-3-5-27-12)20-15(14)23(2)22-8/h3-6,11,13H,7H2,1-2H3,(H,21,24)(H,25,26). The third kappa shape index (κ3) is 3.80. The number of aryl methyl sites for hydroxylation is 2. The topological polar surface area (TPSA) is 97.1 Å². The van der Waals surface area contributed by atoms with Crippen LogP contribution < -0.4 is 5.32 Å². The predicted molar refractivity (Wildman–Crippen MR) is 96.1 cm³/mol. The maximum absolute atomic E-state index is 12.8. The van der Waals surface area contributed by atoms with Crippen LogP contribution >= 0.6 is 11.3 Å². The molecule has 0 aliphatic rings. The summed E-state index contributed by atoms with van der Waals surface area (Å²) in [5.74, 6) is -2.28. The maximum atomic E-state index is 12.8. The molecule has 142 valence electrons. The normalized spacial score (nSPS) is 12.5. The molecule has 3 aromatic rings. The molecule has 0 fully saturated rings. The lowest BCUT2D eigenvalue weighted by Gasteiger charge is -2.15. The number of thiophene rings is 1. The minimum absolute atomic E-state index is 0.148. The molecule has 27 heavy (non-hydrogen) atoms. The number of carboxylic acid groups (broad SMARTS) is 1. The van der Waals surface area contributed by atoms with Gasteiger partial charge in [-0.15, -0.1) is 11.3 Å². The van der Waals surface area contributed by atoms with Crippen molar-refractivity contribution in [2.75, 3.05) is 0 Å². The molecular weight excluding hydrogens is 378 g/mol. The monoisotopic (exact) mass is 394 g/mol. The number of hydrogen-bond donors (Lipinski definition) is 2. The molecule has 3 aromatic heterocycles. The fraction of sp³-hybridized carbons (Fsp3) is 0.294. The van der Waals surface area contributed by atoms with Crippen molar-refractivity contribution in [2.24, 2.45) is 7.05 Å². The highest BCUT2D eigenvalue weighted by Gasteiger charge is 2.27. The largest absolute Gasteiger partial charge is 0.480 e. The average Bonchev–Trinajstić information content (AvgIpc) is 3.22. The predicted octanol–water partition coefficient (Wildman–Crippen LogP) is 2.84. The second kappa shape index (κ2) is 7.39. The van der Waals surface area contributed by atoms with Crippen LogP contribution in [-0.2, 0) is 11.8 Å². The Hall–Kier alpha value is -2.88. The Morgan fingerprint density at radius 3 is 2.74 bits per heavy atom. The van der Waals surface area contributed by atoms with Crippen molar-refractivity contribution < 1.29 is 23.5 Å². The number of pyridine rings is 1. The molecule has 3 heterocycles. The van der Waals surface area contributed by atoms with Gasteiger partial charge < -0.3 is 10.4 Å². The van der Waals surface area contributed by atoms with Gasteiger partial charge in [0.05, 0.1) is 27.2 Å². The number of carbonyl (C=O) groups excluding carboxylic acids is 1. The van der Waals surface area contributed by atoms with E-state index in [2.05, 4.69) is 15.4 Å². The highest BCUT2D eigenvalue weighted by Crippen LogP contribution is 2.29. The van der Waals surface area contributed by atoms with Crippen molar-refractivity contribution in [2.45, 2.75) is 25.8 Å². The number of halogens is 2. The van der Waals surface area contributed by atoms with Crippen LogP contribution in [0.5, 0.6) is 0 Å². The first kappa shape index (κ1) is 18.9. The molecule has 1 amide bonds. The van der Waals surface area contributed by atoms with Gasteiger partial charge in [-0.25, -0.2) is 18.6 Å². The lowest BCUT2D eigenvalue weighted by molar-refractivity contribution is -0.140. The number of rotatable bonds is 6. The Kier molecular flexibility index (Phi) is 5.17. The Balaban J connectivity index is 2.09. The van der Waals surface area contributed by atoms with E-state index in [9.17, 15) is 18.4 Å². The molecule has 0 aliphatic carbocycles. The molecule has 0 bridgehead atoms. The zero-order valence-electron chi connectivity index (χ0n) is 14.4. The van der Waals surface area contributed by atoms with Crippen LogP contribution in [0.15, 0.2) is 23.6 Å². The van der Waals surface area contributed by atoms with Gasteiger partial charge in [0.15, 0.2) is 5.65 Å². The molecule has 0 radical (unpaired) electrons. The number of alkyl halides is 2. The Morgan fingerprint density at radius 2 is 2.15 bits per heavy atom. The van der Waals surface area contributed by atoms with E-state index in [4.69, 9.17) is 5.11 Å². The Bertz CT molecular complexity index is 1000. The second-order valence-electron chi connectivity index (χ2n) is 5.93. The molecule has 7 nitrogen and oxygen atoms in total. The van der Waals surface area contributed by atoms with E-state index >= 15 is 0 Å². The van der Waals surface area contributed by atoms with Gasteiger partial charge in [-0.2, -0.15) is 5.10 Å². The molecule has 0 aliphatic heterocycles. The van der Waals surface area contributed by atoms with Crippen molar-refractivity contribution >= 4 is 34.2 Å². The maximum Gasteiger partial charge on any atom is 0.326 e. The minimum Gasteiger partial charge on any atom is -0.480 e. The Labute approximate surface area is 156 Å². The molecule has 0 saturated carbocycles. The van der Waals surface area contributed by atoms with E-state index in [1.165, 1.54) is 22.1 Å². The number of amides is 1. The molecule has 10 heteroatoms. The molecule has 2 N–H and O–H groups in total. The van der Waals surface area contributed by atoms with Crippen LogP contribution in [0.3, 0.4) is 0 Å². The van der Waals surface area contributed by atoms with Crippen LogP contribution in [0.2, 0.25) is 0 Å². The van der Waals surface area contributed by atoms with E-state index < -0.39 is 30.8 Å². The summed E-state index contributed by atoms with van der Waals surface area (Å²) >= 11 is 1.43. The molecule has 1 atom stereocenters. The first-order valence-corrected chi connectivity index (χ1v) is 8.86. The third-order valence-corrected chi connectivity index (χ3v) is 4.90. The summed E-state index contributed by atoms with van der Waals surface area (Å²) in [7, 11) is 1.68. The smallest absolute Gasteiger partial charge is 0.326 e. The van der Waals surface area contributed by atoms with Crippen LogP contribution in [0.1, 0.15) is 22.5 Å². The summed E-state index contributed by atoms with van der Waals surface area (Å²) in [6.07, 6.45) is -3.83. The average molecular weight is 394 g/mol. The number of nitrogens with zero attached hydrogens (tertiary/aromatic N) is 3. The van der Waals surface area contributed by atoms with E-state index in [1.807, 2.05) is 17.5 Å². The summed E-state index contributed by atoms with van der Waals surface area (Å²) < 4.78 is 26.8. The fourth-order valence-corrected chi connectivity index (χ4v) is 3.50. The highest BCUT2D eigenvalue weighted by molar-refractivity contribution is 7.13. The van der Waals surface area contributed by atoms with Crippen molar-refractivity contribution in [3.05, 3.63) is 34.8 Å². The summed E-state index contributed by atoms with van der Waals surface area (Å²) in [5.41, 5.74) is 1.65. The molecule has 0 spiro atoms. The quantitative estimate of drug-likeness (QED) is 0.670. The molecular formula is C17H16F2N4O3S. The van der Waals surface area contributed by atoms with Crippen LogP contribution in [0.25, 0.3) is 21.6 Å². The minimum atomic E-state index is -2.86. The van der Waals surface area contributed by atoms with Gasteiger partial charge >= 0.3 is 5.97 Å². The summed E-state index contributed by atoms with van der Waals surface area (Å²) in [5, 5.41) is 17.9.